The number of nitrogens with two attached hydrogens (primary N) is 1. The molecule has 0 bridgehead atoms. The molecule has 0 aliphatic carbocycles. The smallest absolute Gasteiger partial charge is 0.433 e. The van der Waals surface area contributed by atoms with Gasteiger partial charge in [0.1, 0.15) is 16.4 Å². The Morgan fingerprint density at radius 3 is 2.86 bits per heavy atom. The molecule has 0 radical (unpaired) electrons. The van der Waals surface area contributed by atoms with Gasteiger partial charge in [0, 0.05) is 11.8 Å². The van der Waals surface area contributed by atoms with E-state index in [1.54, 1.807) is 24.3 Å². The normalized spacial score (nSPS) is 10.1. The summed E-state index contributed by atoms with van der Waals surface area (Å²) >= 11 is 0. The van der Waals surface area contributed by atoms with Gasteiger partial charge in [-0.05, 0) is 18.2 Å². The van der Waals surface area contributed by atoms with Crippen molar-refractivity contribution < 1.29 is 18.9 Å². The Morgan fingerprint density at radius 2 is 2.19 bits per heavy atom. The van der Waals surface area contributed by atoms with Crippen LogP contribution in [0, 0.1) is 10.1 Å². The Labute approximate surface area is 119 Å². The van der Waals surface area contributed by atoms with Gasteiger partial charge in [-0.2, -0.15) is 0 Å². The Balaban J connectivity index is 1.94. The zero-order valence-corrected chi connectivity index (χ0v) is 10.9. The number of nitrogens with one attached hydrogen (secondary N) is 1. The van der Waals surface area contributed by atoms with Crippen molar-refractivity contribution in [1.82, 2.24) is 0 Å². The number of carbonyl (C=O) groups excluding carboxylic acids is 1. The third-order valence-corrected chi connectivity index (χ3v) is 2.51. The summed E-state index contributed by atoms with van der Waals surface area (Å²) in [6.45, 7) is 0.0843. The Kier molecular flexibility index (Phi) is 4.39. The van der Waals surface area contributed by atoms with E-state index in [1.165, 1.54) is 12.1 Å². The Bertz CT molecular complexity index is 653. The topological polar surface area (TPSA) is 121 Å². The molecular weight excluding hydrogens is 278 g/mol. The molecule has 0 atom stereocenters. The average molecular weight is 291 g/mol. The summed E-state index contributed by atoms with van der Waals surface area (Å²) in [5.41, 5.74) is 5.71. The van der Waals surface area contributed by atoms with Crippen molar-refractivity contribution >= 4 is 17.5 Å². The fraction of sp³-hybridized carbons (Fsp3) is 0.154. The van der Waals surface area contributed by atoms with Gasteiger partial charge in [-0.25, -0.2) is 0 Å². The standard InChI is InChI=1S/C13H13N3O5/c14-12(17)8-20-10-3-1-2-9(6-10)15-7-11-4-5-13(21-11)16(18)19/h1-6,15H,7-8H2,(H2,14,17). The van der Waals surface area contributed by atoms with Gasteiger partial charge in [-0.15, -0.1) is 0 Å². The van der Waals surface area contributed by atoms with Gasteiger partial charge in [0.15, 0.2) is 6.61 Å². The van der Waals surface area contributed by atoms with Gasteiger partial charge < -0.3 is 20.2 Å². The first-order valence-electron chi connectivity index (χ1n) is 6.03. The highest BCUT2D eigenvalue weighted by atomic mass is 16.6. The van der Waals surface area contributed by atoms with Crippen LogP contribution in [-0.4, -0.2) is 17.4 Å². The molecule has 0 saturated heterocycles. The number of primary amides is 1. The van der Waals surface area contributed by atoms with Crippen LogP contribution in [0.15, 0.2) is 40.8 Å². The molecule has 0 unspecified atom stereocenters. The molecule has 0 aliphatic rings. The third-order valence-electron chi connectivity index (χ3n) is 2.51. The highest BCUT2D eigenvalue weighted by Gasteiger charge is 2.11. The molecule has 8 heteroatoms. The first kappa shape index (κ1) is 14.4. The molecule has 1 heterocycles. The van der Waals surface area contributed by atoms with Crippen LogP contribution in [0.4, 0.5) is 11.6 Å². The molecule has 8 nitrogen and oxygen atoms in total. The van der Waals surface area contributed by atoms with Crippen LogP contribution in [0.2, 0.25) is 0 Å². The van der Waals surface area contributed by atoms with E-state index >= 15 is 0 Å². The lowest BCUT2D eigenvalue weighted by atomic mass is 10.3. The molecule has 0 aliphatic heterocycles. The number of benzene rings is 1. The minimum atomic E-state index is -0.595. The third kappa shape index (κ3) is 4.23. The number of furan rings is 1. The summed E-state index contributed by atoms with van der Waals surface area (Å²) < 4.78 is 10.2. The highest BCUT2D eigenvalue weighted by molar-refractivity contribution is 5.75. The summed E-state index contributed by atoms with van der Waals surface area (Å²) in [5.74, 6) is 0.0657. The molecule has 1 aromatic heterocycles. The fourth-order valence-electron chi connectivity index (χ4n) is 1.60. The molecule has 0 fully saturated rings. The number of rotatable bonds is 7. The maximum Gasteiger partial charge on any atom is 0.433 e. The van der Waals surface area contributed by atoms with Gasteiger partial charge in [-0.1, -0.05) is 6.07 Å². The number of nitro groups is 1. The van der Waals surface area contributed by atoms with Crippen molar-refractivity contribution in [3.8, 4) is 5.75 Å². The van der Waals surface area contributed by atoms with E-state index < -0.39 is 10.8 Å². The SMILES string of the molecule is NC(=O)COc1cccc(NCc2ccc([N+](=O)[O-])o2)c1. The summed E-state index contributed by atoms with van der Waals surface area (Å²) in [6, 6.07) is 9.71. The zero-order valence-electron chi connectivity index (χ0n) is 10.9. The van der Waals surface area contributed by atoms with Crippen molar-refractivity contribution in [3.05, 3.63) is 52.3 Å². The molecule has 2 rings (SSSR count). The van der Waals surface area contributed by atoms with E-state index in [-0.39, 0.29) is 19.0 Å². The van der Waals surface area contributed by atoms with Gasteiger partial charge in [-0.3, -0.25) is 14.9 Å². The lowest BCUT2D eigenvalue weighted by molar-refractivity contribution is -0.402. The van der Waals surface area contributed by atoms with E-state index in [9.17, 15) is 14.9 Å². The van der Waals surface area contributed by atoms with Crippen LogP contribution in [0.1, 0.15) is 5.76 Å². The number of amides is 1. The summed E-state index contributed by atoms with van der Waals surface area (Å²) in [5, 5.41) is 13.5. The average Bonchev–Trinajstić information content (AvgIpc) is 2.92. The molecule has 0 spiro atoms. The summed E-state index contributed by atoms with van der Waals surface area (Å²) in [4.78, 5) is 20.5. The minimum absolute atomic E-state index is 0.201. The summed E-state index contributed by atoms with van der Waals surface area (Å²) in [7, 11) is 0. The fourth-order valence-corrected chi connectivity index (χ4v) is 1.60. The van der Waals surface area contributed by atoms with Crippen LogP contribution in [0.3, 0.4) is 0 Å². The van der Waals surface area contributed by atoms with Gasteiger partial charge in [0.05, 0.1) is 12.6 Å². The molecular formula is C13H13N3O5. The number of hydrogen-bond acceptors (Lipinski definition) is 6. The van der Waals surface area contributed by atoms with Gasteiger partial charge in [0.25, 0.3) is 5.91 Å². The van der Waals surface area contributed by atoms with Crippen LogP contribution in [0.5, 0.6) is 5.75 Å². The highest BCUT2D eigenvalue weighted by Crippen LogP contribution is 2.20. The molecule has 3 N–H and O–H groups in total. The van der Waals surface area contributed by atoms with E-state index in [4.69, 9.17) is 14.9 Å². The minimum Gasteiger partial charge on any atom is -0.484 e. The maximum absolute atomic E-state index is 10.6. The second-order valence-corrected chi connectivity index (χ2v) is 4.13. The number of carbonyl (C=O) groups is 1. The predicted molar refractivity (Wildman–Crippen MR) is 73.8 cm³/mol. The van der Waals surface area contributed by atoms with Crippen LogP contribution in [0.25, 0.3) is 0 Å². The van der Waals surface area contributed by atoms with E-state index in [2.05, 4.69) is 5.32 Å². The number of hydrogen-bond donors (Lipinski definition) is 2. The van der Waals surface area contributed by atoms with E-state index in [1.807, 2.05) is 0 Å². The predicted octanol–water partition coefficient (Wildman–Crippen LogP) is 1.66. The maximum atomic E-state index is 10.6. The van der Waals surface area contributed by atoms with Crippen LogP contribution >= 0.6 is 0 Å². The molecule has 110 valence electrons. The van der Waals surface area contributed by atoms with E-state index in [0.29, 0.717) is 11.5 Å². The van der Waals surface area contributed by atoms with Crippen molar-refractivity contribution in [2.24, 2.45) is 5.73 Å². The van der Waals surface area contributed by atoms with Crippen LogP contribution < -0.4 is 15.8 Å². The number of ether oxygens (including phenoxy) is 1. The molecule has 0 saturated carbocycles. The monoisotopic (exact) mass is 291 g/mol. The van der Waals surface area contributed by atoms with Crippen molar-refractivity contribution in [1.29, 1.82) is 0 Å². The van der Waals surface area contributed by atoms with E-state index in [0.717, 1.165) is 5.69 Å². The first-order chi connectivity index (χ1) is 10.0. The quantitative estimate of drug-likeness (QED) is 0.591. The second-order valence-electron chi connectivity index (χ2n) is 4.13. The Hall–Kier alpha value is -3.03. The largest absolute Gasteiger partial charge is 0.484 e. The lowest BCUT2D eigenvalue weighted by Gasteiger charge is -2.07. The molecule has 2 aromatic rings. The molecule has 21 heavy (non-hydrogen) atoms. The summed E-state index contributed by atoms with van der Waals surface area (Å²) in [6.07, 6.45) is 0. The number of anilines is 1. The Morgan fingerprint density at radius 1 is 1.38 bits per heavy atom. The number of nitrogens with zero attached hydrogens (tertiary/aromatic N) is 1. The molecule has 1 aromatic carbocycles. The lowest BCUT2D eigenvalue weighted by Crippen LogP contribution is -2.20. The van der Waals surface area contributed by atoms with Crippen molar-refractivity contribution in [2.75, 3.05) is 11.9 Å². The molecule has 1 amide bonds. The first-order valence-corrected chi connectivity index (χ1v) is 6.03. The van der Waals surface area contributed by atoms with Gasteiger partial charge >= 0.3 is 5.88 Å². The van der Waals surface area contributed by atoms with Crippen LogP contribution in [-0.2, 0) is 11.3 Å². The zero-order chi connectivity index (χ0) is 15.2. The van der Waals surface area contributed by atoms with Gasteiger partial charge in [0.2, 0.25) is 0 Å². The van der Waals surface area contributed by atoms with Crippen molar-refractivity contribution in [2.45, 2.75) is 6.54 Å². The van der Waals surface area contributed by atoms with Crippen molar-refractivity contribution in [3.63, 3.8) is 0 Å². The second kappa shape index (κ2) is 6.42.